The molecule has 3 aromatic rings. The molecule has 3 aromatic carbocycles. The van der Waals surface area contributed by atoms with Crippen molar-refractivity contribution in [3.8, 4) is 0 Å². The standard InChI is InChI=1S/C23H24N2O2S/c1-15(21-10-6-8-18-7-4-5-9-22(18)21)24-23(27)16(2)28-20-13-11-19(12-14-20)25-17(3)26/h4-16H,1-3H3,(H,24,27)(H,25,26). The molecular weight excluding hydrogens is 368 g/mol. The Bertz CT molecular complexity index is 980. The van der Waals surface area contributed by atoms with Crippen LogP contribution in [0.4, 0.5) is 5.69 Å². The van der Waals surface area contributed by atoms with Crippen molar-refractivity contribution in [1.29, 1.82) is 0 Å². The van der Waals surface area contributed by atoms with Crippen LogP contribution in [0.5, 0.6) is 0 Å². The molecule has 0 bridgehead atoms. The lowest BCUT2D eigenvalue weighted by molar-refractivity contribution is -0.121. The van der Waals surface area contributed by atoms with Crippen molar-refractivity contribution in [2.24, 2.45) is 0 Å². The molecule has 2 amide bonds. The van der Waals surface area contributed by atoms with Gasteiger partial charge < -0.3 is 10.6 Å². The van der Waals surface area contributed by atoms with Crippen molar-refractivity contribution >= 4 is 40.0 Å². The maximum Gasteiger partial charge on any atom is 0.233 e. The van der Waals surface area contributed by atoms with Crippen molar-refractivity contribution in [1.82, 2.24) is 5.32 Å². The molecule has 0 aliphatic rings. The second-order valence-electron chi connectivity index (χ2n) is 6.76. The van der Waals surface area contributed by atoms with Gasteiger partial charge in [0.15, 0.2) is 0 Å². The third kappa shape index (κ3) is 4.93. The lowest BCUT2D eigenvalue weighted by Crippen LogP contribution is -2.33. The lowest BCUT2D eigenvalue weighted by atomic mass is 9.99. The van der Waals surface area contributed by atoms with Crippen LogP contribution in [0.15, 0.2) is 71.6 Å². The van der Waals surface area contributed by atoms with E-state index in [1.165, 1.54) is 24.1 Å². The van der Waals surface area contributed by atoms with Crippen LogP contribution in [-0.4, -0.2) is 17.1 Å². The molecule has 28 heavy (non-hydrogen) atoms. The van der Waals surface area contributed by atoms with Gasteiger partial charge in [0.05, 0.1) is 11.3 Å². The SMILES string of the molecule is CC(=O)Nc1ccc(SC(C)C(=O)NC(C)c2cccc3ccccc23)cc1. The monoisotopic (exact) mass is 392 g/mol. The van der Waals surface area contributed by atoms with E-state index in [1.54, 1.807) is 0 Å². The number of carbonyl (C=O) groups is 2. The van der Waals surface area contributed by atoms with E-state index in [0.717, 1.165) is 21.5 Å². The topological polar surface area (TPSA) is 58.2 Å². The highest BCUT2D eigenvalue weighted by Gasteiger charge is 2.18. The minimum atomic E-state index is -0.232. The zero-order valence-corrected chi connectivity index (χ0v) is 17.0. The molecule has 0 aliphatic carbocycles. The summed E-state index contributed by atoms with van der Waals surface area (Å²) < 4.78 is 0. The van der Waals surface area contributed by atoms with Crippen LogP contribution in [0.3, 0.4) is 0 Å². The molecule has 2 unspecified atom stereocenters. The summed E-state index contributed by atoms with van der Waals surface area (Å²) in [5, 5.41) is 7.96. The molecule has 0 aliphatic heterocycles. The molecule has 2 N–H and O–H groups in total. The predicted molar refractivity (Wildman–Crippen MR) is 117 cm³/mol. The fourth-order valence-corrected chi connectivity index (χ4v) is 3.99. The number of hydrogen-bond acceptors (Lipinski definition) is 3. The molecule has 2 atom stereocenters. The zero-order chi connectivity index (χ0) is 20.1. The average Bonchev–Trinajstić information content (AvgIpc) is 2.68. The molecule has 3 rings (SSSR count). The molecule has 4 nitrogen and oxygen atoms in total. The summed E-state index contributed by atoms with van der Waals surface area (Å²) in [6.45, 7) is 5.39. The van der Waals surface area contributed by atoms with Gasteiger partial charge in [-0.1, -0.05) is 42.5 Å². The number of fused-ring (bicyclic) bond motifs is 1. The second kappa shape index (κ2) is 8.93. The number of anilines is 1. The van der Waals surface area contributed by atoms with Gasteiger partial charge in [-0.15, -0.1) is 11.8 Å². The van der Waals surface area contributed by atoms with Crippen LogP contribution >= 0.6 is 11.8 Å². The minimum Gasteiger partial charge on any atom is -0.349 e. The van der Waals surface area contributed by atoms with Gasteiger partial charge in [0.25, 0.3) is 0 Å². The van der Waals surface area contributed by atoms with Gasteiger partial charge in [-0.2, -0.15) is 0 Å². The minimum absolute atomic E-state index is 0.00336. The normalized spacial score (nSPS) is 13.0. The van der Waals surface area contributed by atoms with E-state index in [9.17, 15) is 9.59 Å². The van der Waals surface area contributed by atoms with Crippen LogP contribution in [0, 0.1) is 0 Å². The Hall–Kier alpha value is -2.79. The quantitative estimate of drug-likeness (QED) is 0.570. The maximum absolute atomic E-state index is 12.7. The third-order valence-corrected chi connectivity index (χ3v) is 5.62. The van der Waals surface area contributed by atoms with Gasteiger partial charge in [0.1, 0.15) is 0 Å². The van der Waals surface area contributed by atoms with E-state index in [-0.39, 0.29) is 23.1 Å². The zero-order valence-electron chi connectivity index (χ0n) is 16.2. The predicted octanol–water partition coefficient (Wildman–Crippen LogP) is 5.16. The summed E-state index contributed by atoms with van der Waals surface area (Å²) in [5.74, 6) is -0.105. The van der Waals surface area contributed by atoms with Crippen molar-refractivity contribution in [3.63, 3.8) is 0 Å². The van der Waals surface area contributed by atoms with E-state index < -0.39 is 0 Å². The average molecular weight is 393 g/mol. The molecule has 0 aromatic heterocycles. The Morgan fingerprint density at radius 2 is 1.57 bits per heavy atom. The van der Waals surface area contributed by atoms with E-state index in [0.29, 0.717) is 0 Å². The summed E-state index contributed by atoms with van der Waals surface area (Å²) in [6, 6.07) is 21.8. The molecule has 0 saturated heterocycles. The molecule has 5 heteroatoms. The fraction of sp³-hybridized carbons (Fsp3) is 0.217. The number of thioether (sulfide) groups is 1. The van der Waals surface area contributed by atoms with Gasteiger partial charge in [0.2, 0.25) is 11.8 Å². The largest absolute Gasteiger partial charge is 0.349 e. The maximum atomic E-state index is 12.7. The number of rotatable bonds is 6. The van der Waals surface area contributed by atoms with Gasteiger partial charge in [0, 0.05) is 17.5 Å². The van der Waals surface area contributed by atoms with Crippen LogP contribution in [0.1, 0.15) is 32.4 Å². The Morgan fingerprint density at radius 3 is 2.29 bits per heavy atom. The van der Waals surface area contributed by atoms with Crippen molar-refractivity contribution in [2.75, 3.05) is 5.32 Å². The number of carbonyl (C=O) groups excluding carboxylic acids is 2. The highest BCUT2D eigenvalue weighted by molar-refractivity contribution is 8.00. The summed E-state index contributed by atoms with van der Waals surface area (Å²) in [4.78, 5) is 24.8. The molecule has 0 saturated carbocycles. The molecular formula is C23H24N2O2S. The second-order valence-corrected chi connectivity index (χ2v) is 8.18. The molecule has 144 valence electrons. The first-order chi connectivity index (χ1) is 13.4. The van der Waals surface area contributed by atoms with Gasteiger partial charge in [-0.25, -0.2) is 0 Å². The van der Waals surface area contributed by atoms with Crippen molar-refractivity contribution in [3.05, 3.63) is 72.3 Å². The Labute approximate surface area is 169 Å². The van der Waals surface area contributed by atoms with E-state index in [2.05, 4.69) is 34.9 Å². The van der Waals surface area contributed by atoms with Crippen LogP contribution in [-0.2, 0) is 9.59 Å². The van der Waals surface area contributed by atoms with Gasteiger partial charge in [-0.3, -0.25) is 9.59 Å². The molecule has 0 spiro atoms. The van der Waals surface area contributed by atoms with Crippen molar-refractivity contribution < 1.29 is 9.59 Å². The number of benzene rings is 3. The van der Waals surface area contributed by atoms with Gasteiger partial charge in [-0.05, 0) is 54.4 Å². The molecule has 0 radical (unpaired) electrons. The van der Waals surface area contributed by atoms with Crippen LogP contribution in [0.2, 0.25) is 0 Å². The number of amides is 2. The first-order valence-electron chi connectivity index (χ1n) is 9.26. The first kappa shape index (κ1) is 20.0. The summed E-state index contributed by atoms with van der Waals surface area (Å²) >= 11 is 1.50. The van der Waals surface area contributed by atoms with Crippen LogP contribution in [0.25, 0.3) is 10.8 Å². The van der Waals surface area contributed by atoms with Crippen LogP contribution < -0.4 is 10.6 Å². The molecule has 0 heterocycles. The van der Waals surface area contributed by atoms with Gasteiger partial charge >= 0.3 is 0 Å². The van der Waals surface area contributed by atoms with E-state index >= 15 is 0 Å². The summed E-state index contributed by atoms with van der Waals surface area (Å²) in [5.41, 5.74) is 1.86. The first-order valence-corrected chi connectivity index (χ1v) is 10.1. The number of nitrogens with one attached hydrogen (secondary N) is 2. The van der Waals surface area contributed by atoms with E-state index in [1.807, 2.05) is 56.3 Å². The Morgan fingerprint density at radius 1 is 0.893 bits per heavy atom. The Balaban J connectivity index is 1.64. The highest BCUT2D eigenvalue weighted by atomic mass is 32.2. The van der Waals surface area contributed by atoms with E-state index in [4.69, 9.17) is 0 Å². The van der Waals surface area contributed by atoms with Crippen molar-refractivity contribution in [2.45, 2.75) is 37.0 Å². The smallest absolute Gasteiger partial charge is 0.233 e. The highest BCUT2D eigenvalue weighted by Crippen LogP contribution is 2.27. The third-order valence-electron chi connectivity index (χ3n) is 4.51. The fourth-order valence-electron chi connectivity index (χ4n) is 3.11. The lowest BCUT2D eigenvalue weighted by Gasteiger charge is -2.19. The summed E-state index contributed by atoms with van der Waals surface area (Å²) in [7, 11) is 0. The molecule has 0 fully saturated rings. The number of hydrogen-bond donors (Lipinski definition) is 2. The summed E-state index contributed by atoms with van der Waals surface area (Å²) in [6.07, 6.45) is 0. The Kier molecular flexibility index (Phi) is 6.37.